The van der Waals surface area contributed by atoms with Gasteiger partial charge in [-0.25, -0.2) is 0 Å². The summed E-state index contributed by atoms with van der Waals surface area (Å²) in [7, 11) is 0. The van der Waals surface area contributed by atoms with Crippen LogP contribution in [-0.4, -0.2) is 41.9 Å². The largest absolute Gasteiger partial charge is 0.366 e. The Labute approximate surface area is 164 Å². The van der Waals surface area contributed by atoms with Crippen molar-refractivity contribution in [3.05, 3.63) is 75.8 Å². The average molecular weight is 377 g/mol. The van der Waals surface area contributed by atoms with Crippen LogP contribution in [0.2, 0.25) is 0 Å². The Balaban J connectivity index is 1.53. The second-order valence-corrected chi connectivity index (χ2v) is 7.25. The van der Waals surface area contributed by atoms with Crippen LogP contribution in [0.3, 0.4) is 0 Å². The van der Waals surface area contributed by atoms with Crippen molar-refractivity contribution < 1.29 is 9.72 Å². The van der Waals surface area contributed by atoms with E-state index in [-0.39, 0.29) is 16.5 Å². The summed E-state index contributed by atoms with van der Waals surface area (Å²) in [5.41, 5.74) is 3.43. The molecule has 0 spiro atoms. The standard InChI is InChI=1S/C22H23N3O3/c26-22(24-14-10-18(11-15-24)17-6-2-1-3-7-17)19-8-9-20(21(16-19)25(27)28)23-12-4-5-13-23/h1-3,6-10,16H,4-5,11-15H2. The summed E-state index contributed by atoms with van der Waals surface area (Å²) in [6.07, 6.45) is 4.94. The van der Waals surface area contributed by atoms with Crippen LogP contribution in [0.25, 0.3) is 5.57 Å². The molecule has 0 bridgehead atoms. The minimum absolute atomic E-state index is 0.0188. The zero-order valence-corrected chi connectivity index (χ0v) is 15.7. The Bertz CT molecular complexity index is 918. The highest BCUT2D eigenvalue weighted by Crippen LogP contribution is 2.32. The van der Waals surface area contributed by atoms with Gasteiger partial charge in [-0.3, -0.25) is 14.9 Å². The van der Waals surface area contributed by atoms with Crippen molar-refractivity contribution in [3.63, 3.8) is 0 Å². The van der Waals surface area contributed by atoms with E-state index in [0.717, 1.165) is 32.4 Å². The van der Waals surface area contributed by atoms with E-state index in [1.54, 1.807) is 17.0 Å². The molecule has 6 heteroatoms. The van der Waals surface area contributed by atoms with Crippen molar-refractivity contribution >= 4 is 22.9 Å². The molecule has 4 rings (SSSR count). The fourth-order valence-electron chi connectivity index (χ4n) is 3.98. The fourth-order valence-corrected chi connectivity index (χ4v) is 3.98. The molecule has 2 aliphatic heterocycles. The minimum atomic E-state index is -0.381. The van der Waals surface area contributed by atoms with Gasteiger partial charge in [0, 0.05) is 37.8 Å². The molecule has 0 N–H and O–H groups in total. The van der Waals surface area contributed by atoms with Crippen molar-refractivity contribution in [2.24, 2.45) is 0 Å². The SMILES string of the molecule is O=C(c1ccc(N2CCCC2)c([N+](=O)[O-])c1)N1CC=C(c2ccccc2)CC1. The molecule has 144 valence electrons. The quantitative estimate of drug-likeness (QED) is 0.594. The minimum Gasteiger partial charge on any atom is -0.366 e. The molecule has 6 nitrogen and oxygen atoms in total. The van der Waals surface area contributed by atoms with Gasteiger partial charge >= 0.3 is 0 Å². The molecule has 1 amide bonds. The topological polar surface area (TPSA) is 66.7 Å². The van der Waals surface area contributed by atoms with E-state index < -0.39 is 0 Å². The number of nitrogens with zero attached hydrogens (tertiary/aromatic N) is 3. The van der Waals surface area contributed by atoms with Crippen molar-refractivity contribution in [2.45, 2.75) is 19.3 Å². The van der Waals surface area contributed by atoms with E-state index in [1.165, 1.54) is 17.2 Å². The van der Waals surface area contributed by atoms with Crippen LogP contribution in [0.1, 0.15) is 35.2 Å². The summed E-state index contributed by atoms with van der Waals surface area (Å²) in [4.78, 5) is 27.9. The zero-order valence-electron chi connectivity index (χ0n) is 15.7. The number of hydrogen-bond donors (Lipinski definition) is 0. The van der Waals surface area contributed by atoms with E-state index in [1.807, 2.05) is 23.1 Å². The summed E-state index contributed by atoms with van der Waals surface area (Å²) in [5, 5.41) is 11.6. The molecule has 2 heterocycles. The molecule has 0 unspecified atom stereocenters. The maximum absolute atomic E-state index is 12.9. The Morgan fingerprint density at radius 1 is 1.00 bits per heavy atom. The molecule has 1 saturated heterocycles. The molecule has 0 aliphatic carbocycles. The number of hydrogen-bond acceptors (Lipinski definition) is 4. The molecule has 0 radical (unpaired) electrons. The molecular formula is C22H23N3O3. The van der Waals surface area contributed by atoms with Gasteiger partial charge in [-0.1, -0.05) is 36.4 Å². The van der Waals surface area contributed by atoms with Crippen LogP contribution >= 0.6 is 0 Å². The van der Waals surface area contributed by atoms with Gasteiger partial charge < -0.3 is 9.80 Å². The third kappa shape index (κ3) is 3.63. The number of rotatable bonds is 4. The number of amides is 1. The van der Waals surface area contributed by atoms with Gasteiger partial charge in [0.15, 0.2) is 0 Å². The van der Waals surface area contributed by atoms with Crippen LogP contribution in [0.15, 0.2) is 54.6 Å². The number of anilines is 1. The lowest BCUT2D eigenvalue weighted by Crippen LogP contribution is -2.34. The molecule has 0 saturated carbocycles. The third-order valence-corrected chi connectivity index (χ3v) is 5.51. The molecular weight excluding hydrogens is 354 g/mol. The molecule has 2 aliphatic rings. The normalized spacial score (nSPS) is 16.8. The maximum Gasteiger partial charge on any atom is 0.293 e. The number of nitro benzene ring substituents is 1. The average Bonchev–Trinajstić information content (AvgIpc) is 3.28. The molecule has 1 fully saturated rings. The molecule has 0 atom stereocenters. The predicted molar refractivity (Wildman–Crippen MR) is 109 cm³/mol. The van der Waals surface area contributed by atoms with E-state index in [0.29, 0.717) is 24.3 Å². The van der Waals surface area contributed by atoms with Gasteiger partial charge in [-0.2, -0.15) is 0 Å². The molecule has 2 aromatic carbocycles. The lowest BCUT2D eigenvalue weighted by molar-refractivity contribution is -0.384. The molecule has 0 aromatic heterocycles. The first-order chi connectivity index (χ1) is 13.6. The number of carbonyl (C=O) groups is 1. The van der Waals surface area contributed by atoms with Crippen LogP contribution in [0.4, 0.5) is 11.4 Å². The summed E-state index contributed by atoms with van der Waals surface area (Å²) < 4.78 is 0. The van der Waals surface area contributed by atoms with Crippen LogP contribution in [-0.2, 0) is 0 Å². The van der Waals surface area contributed by atoms with Gasteiger partial charge in [-0.15, -0.1) is 0 Å². The first kappa shape index (κ1) is 18.2. The summed E-state index contributed by atoms with van der Waals surface area (Å²) >= 11 is 0. The lowest BCUT2D eigenvalue weighted by atomic mass is 9.99. The number of benzene rings is 2. The van der Waals surface area contributed by atoms with Crippen molar-refractivity contribution in [1.29, 1.82) is 0 Å². The smallest absolute Gasteiger partial charge is 0.293 e. The summed E-state index contributed by atoms with van der Waals surface area (Å²) in [5.74, 6) is -0.153. The van der Waals surface area contributed by atoms with Gasteiger partial charge in [0.1, 0.15) is 5.69 Å². The number of carbonyl (C=O) groups excluding carboxylic acids is 1. The van der Waals surface area contributed by atoms with Gasteiger partial charge in [0.05, 0.1) is 4.92 Å². The third-order valence-electron chi connectivity index (χ3n) is 5.51. The lowest BCUT2D eigenvalue weighted by Gasteiger charge is -2.27. The van der Waals surface area contributed by atoms with Gasteiger partial charge in [0.25, 0.3) is 11.6 Å². The van der Waals surface area contributed by atoms with E-state index in [2.05, 4.69) is 18.2 Å². The van der Waals surface area contributed by atoms with Crippen LogP contribution < -0.4 is 4.90 Å². The zero-order chi connectivity index (χ0) is 19.5. The van der Waals surface area contributed by atoms with Crippen molar-refractivity contribution in [2.75, 3.05) is 31.1 Å². The predicted octanol–water partition coefficient (Wildman–Crippen LogP) is 4.12. The molecule has 28 heavy (non-hydrogen) atoms. The second-order valence-electron chi connectivity index (χ2n) is 7.25. The first-order valence-corrected chi connectivity index (χ1v) is 9.70. The first-order valence-electron chi connectivity index (χ1n) is 9.70. The van der Waals surface area contributed by atoms with E-state index >= 15 is 0 Å². The Morgan fingerprint density at radius 3 is 2.39 bits per heavy atom. The summed E-state index contributed by atoms with van der Waals surface area (Å²) in [6.45, 7) is 2.78. The Kier molecular flexibility index (Phi) is 5.10. The van der Waals surface area contributed by atoms with Crippen molar-refractivity contribution in [3.8, 4) is 0 Å². The van der Waals surface area contributed by atoms with Crippen molar-refractivity contribution in [1.82, 2.24) is 4.90 Å². The van der Waals surface area contributed by atoms with E-state index in [4.69, 9.17) is 0 Å². The fraction of sp³-hybridized carbons (Fsp3) is 0.318. The van der Waals surface area contributed by atoms with E-state index in [9.17, 15) is 14.9 Å². The van der Waals surface area contributed by atoms with Crippen LogP contribution in [0.5, 0.6) is 0 Å². The van der Waals surface area contributed by atoms with Gasteiger partial charge in [0.2, 0.25) is 0 Å². The molecule has 2 aromatic rings. The second kappa shape index (κ2) is 7.84. The van der Waals surface area contributed by atoms with Gasteiger partial charge in [-0.05, 0) is 42.5 Å². The van der Waals surface area contributed by atoms with Crippen LogP contribution in [0, 0.1) is 10.1 Å². The monoisotopic (exact) mass is 377 g/mol. The number of nitro groups is 1. The Morgan fingerprint density at radius 2 is 1.75 bits per heavy atom. The maximum atomic E-state index is 12.9. The highest BCUT2D eigenvalue weighted by atomic mass is 16.6. The highest BCUT2D eigenvalue weighted by Gasteiger charge is 2.26. The highest BCUT2D eigenvalue weighted by molar-refractivity contribution is 5.96. The summed E-state index contributed by atoms with van der Waals surface area (Å²) in [6, 6.07) is 15.0. The Hall–Kier alpha value is -3.15.